The number of rotatable bonds is 5. The molecule has 0 unspecified atom stereocenters. The molecule has 0 aliphatic rings. The summed E-state index contributed by atoms with van der Waals surface area (Å²) in [7, 11) is 0. The van der Waals surface area contributed by atoms with Crippen molar-refractivity contribution in [3.8, 4) is 0 Å². The Balaban J connectivity index is 2.60. The molecule has 7 heteroatoms. The second-order valence-corrected chi connectivity index (χ2v) is 5.00. The van der Waals surface area contributed by atoms with Crippen molar-refractivity contribution in [2.24, 2.45) is 5.73 Å². The minimum Gasteiger partial charge on any atom is -0.320 e. The van der Waals surface area contributed by atoms with Crippen LogP contribution in [0.4, 0.5) is 0 Å². The SMILES string of the molecule is C=C(NC(=O)Cc1c(Cl)cccc1Cl)NC(=O)[C@@H](C)N. The number of hydrogen-bond donors (Lipinski definition) is 3. The topological polar surface area (TPSA) is 84.2 Å². The molecular formula is C13H15Cl2N3O2. The Morgan fingerprint density at radius 1 is 1.30 bits per heavy atom. The molecule has 0 aromatic heterocycles. The molecule has 0 saturated heterocycles. The first-order valence-electron chi connectivity index (χ1n) is 5.79. The summed E-state index contributed by atoms with van der Waals surface area (Å²) >= 11 is 11.9. The number of hydrogen-bond acceptors (Lipinski definition) is 3. The fourth-order valence-corrected chi connectivity index (χ4v) is 1.90. The molecule has 1 aromatic rings. The van der Waals surface area contributed by atoms with E-state index in [-0.39, 0.29) is 12.2 Å². The van der Waals surface area contributed by atoms with Gasteiger partial charge in [0.25, 0.3) is 0 Å². The van der Waals surface area contributed by atoms with Gasteiger partial charge >= 0.3 is 0 Å². The Bertz CT molecular complexity index is 524. The zero-order chi connectivity index (χ0) is 15.3. The second-order valence-electron chi connectivity index (χ2n) is 4.18. The van der Waals surface area contributed by atoms with E-state index in [2.05, 4.69) is 17.2 Å². The molecule has 5 nitrogen and oxygen atoms in total. The number of nitrogens with one attached hydrogen (secondary N) is 2. The third kappa shape index (κ3) is 4.85. The van der Waals surface area contributed by atoms with E-state index < -0.39 is 17.9 Å². The molecule has 0 fully saturated rings. The van der Waals surface area contributed by atoms with Crippen molar-refractivity contribution >= 4 is 35.0 Å². The predicted molar refractivity (Wildman–Crippen MR) is 79.2 cm³/mol. The zero-order valence-electron chi connectivity index (χ0n) is 10.9. The third-order valence-corrected chi connectivity index (χ3v) is 3.09. The van der Waals surface area contributed by atoms with E-state index in [1.165, 1.54) is 6.92 Å². The fraction of sp³-hybridized carbons (Fsp3) is 0.231. The quantitative estimate of drug-likeness (QED) is 0.771. The second kappa shape index (κ2) is 7.28. The molecule has 1 rings (SSSR count). The average Bonchev–Trinajstić information content (AvgIpc) is 2.33. The third-order valence-electron chi connectivity index (χ3n) is 2.38. The maximum atomic E-state index is 11.8. The van der Waals surface area contributed by atoms with Gasteiger partial charge in [0.05, 0.1) is 12.5 Å². The lowest BCUT2D eigenvalue weighted by Gasteiger charge is -2.12. The number of halogens is 2. The van der Waals surface area contributed by atoms with Gasteiger partial charge in [-0.05, 0) is 24.6 Å². The van der Waals surface area contributed by atoms with E-state index >= 15 is 0 Å². The molecule has 20 heavy (non-hydrogen) atoms. The number of nitrogens with two attached hydrogens (primary N) is 1. The van der Waals surface area contributed by atoms with E-state index in [1.54, 1.807) is 18.2 Å². The first kappa shape index (κ1) is 16.5. The van der Waals surface area contributed by atoms with Crippen LogP contribution in [0.15, 0.2) is 30.6 Å². The summed E-state index contributed by atoms with van der Waals surface area (Å²) < 4.78 is 0. The Labute approximate surface area is 127 Å². The van der Waals surface area contributed by atoms with Crippen molar-refractivity contribution in [2.75, 3.05) is 0 Å². The normalized spacial score (nSPS) is 11.6. The molecular weight excluding hydrogens is 301 g/mol. The van der Waals surface area contributed by atoms with Crippen LogP contribution in [-0.4, -0.2) is 17.9 Å². The monoisotopic (exact) mass is 315 g/mol. The molecule has 4 N–H and O–H groups in total. The molecule has 0 radical (unpaired) electrons. The highest BCUT2D eigenvalue weighted by Gasteiger charge is 2.13. The zero-order valence-corrected chi connectivity index (χ0v) is 12.4. The molecule has 0 aliphatic carbocycles. The van der Waals surface area contributed by atoms with Crippen LogP contribution < -0.4 is 16.4 Å². The van der Waals surface area contributed by atoms with Crippen LogP contribution in [0.5, 0.6) is 0 Å². The Morgan fingerprint density at radius 2 is 1.85 bits per heavy atom. The highest BCUT2D eigenvalue weighted by atomic mass is 35.5. The number of carbonyl (C=O) groups excluding carboxylic acids is 2. The summed E-state index contributed by atoms with van der Waals surface area (Å²) in [6.07, 6.45) is -0.0222. The lowest BCUT2D eigenvalue weighted by Crippen LogP contribution is -2.42. The van der Waals surface area contributed by atoms with Crippen molar-refractivity contribution < 1.29 is 9.59 Å². The highest BCUT2D eigenvalue weighted by Crippen LogP contribution is 2.24. The summed E-state index contributed by atoms with van der Waals surface area (Å²) in [5.74, 6) is -0.776. The predicted octanol–water partition coefficient (Wildman–Crippen LogP) is 1.59. The van der Waals surface area contributed by atoms with Gasteiger partial charge in [0.2, 0.25) is 11.8 Å². The molecule has 0 bridgehead atoms. The summed E-state index contributed by atoms with van der Waals surface area (Å²) in [4.78, 5) is 23.1. The van der Waals surface area contributed by atoms with Gasteiger partial charge in [0.1, 0.15) is 5.82 Å². The van der Waals surface area contributed by atoms with Crippen LogP contribution in [0.2, 0.25) is 10.0 Å². The lowest BCUT2D eigenvalue weighted by molar-refractivity contribution is -0.121. The first-order valence-corrected chi connectivity index (χ1v) is 6.55. The molecule has 1 atom stereocenters. The number of carbonyl (C=O) groups is 2. The first-order chi connectivity index (χ1) is 9.31. The molecule has 2 amide bonds. The van der Waals surface area contributed by atoms with Gasteiger partial charge in [-0.3, -0.25) is 9.59 Å². The number of benzene rings is 1. The van der Waals surface area contributed by atoms with Gasteiger partial charge in [0.15, 0.2) is 0 Å². The minimum absolute atomic E-state index is 0.0222. The molecule has 1 aromatic carbocycles. The van der Waals surface area contributed by atoms with Crippen LogP contribution in [0.25, 0.3) is 0 Å². The van der Waals surface area contributed by atoms with Crippen molar-refractivity contribution in [3.63, 3.8) is 0 Å². The van der Waals surface area contributed by atoms with Gasteiger partial charge in [-0.2, -0.15) is 0 Å². The van der Waals surface area contributed by atoms with Crippen LogP contribution in [0, 0.1) is 0 Å². The van der Waals surface area contributed by atoms with Crippen LogP contribution >= 0.6 is 23.2 Å². The standard InChI is InChI=1S/C13H15Cl2N3O2/c1-7(16)13(20)18-8(2)17-12(19)6-9-10(14)4-3-5-11(9)15/h3-5,7H,2,6,16H2,1H3,(H,17,19)(H,18,20)/t7-/m1/s1. The van der Waals surface area contributed by atoms with Gasteiger partial charge in [0, 0.05) is 10.0 Å². The van der Waals surface area contributed by atoms with Crippen LogP contribution in [0.1, 0.15) is 12.5 Å². The highest BCUT2D eigenvalue weighted by molar-refractivity contribution is 6.36. The molecule has 0 aliphatic heterocycles. The lowest BCUT2D eigenvalue weighted by atomic mass is 10.1. The van der Waals surface area contributed by atoms with E-state index in [4.69, 9.17) is 28.9 Å². The number of amides is 2. The summed E-state index contributed by atoms with van der Waals surface area (Å²) in [6, 6.07) is 4.28. The Morgan fingerprint density at radius 3 is 2.35 bits per heavy atom. The maximum Gasteiger partial charge on any atom is 0.242 e. The summed E-state index contributed by atoms with van der Waals surface area (Å²) in [5, 5.41) is 5.60. The molecule has 0 saturated carbocycles. The molecule has 108 valence electrons. The Kier molecular flexibility index (Phi) is 6.01. The van der Waals surface area contributed by atoms with Crippen molar-refractivity contribution in [3.05, 3.63) is 46.2 Å². The van der Waals surface area contributed by atoms with Gasteiger partial charge in [-0.25, -0.2) is 0 Å². The molecule has 0 spiro atoms. The van der Waals surface area contributed by atoms with E-state index in [0.29, 0.717) is 15.6 Å². The summed E-state index contributed by atoms with van der Waals surface area (Å²) in [6.45, 7) is 5.04. The van der Waals surface area contributed by atoms with Crippen molar-refractivity contribution in [1.29, 1.82) is 0 Å². The van der Waals surface area contributed by atoms with E-state index in [0.717, 1.165) is 0 Å². The largest absolute Gasteiger partial charge is 0.320 e. The summed E-state index contributed by atoms with van der Waals surface area (Å²) in [5.41, 5.74) is 5.89. The van der Waals surface area contributed by atoms with E-state index in [1.807, 2.05) is 0 Å². The van der Waals surface area contributed by atoms with Crippen LogP contribution in [0.3, 0.4) is 0 Å². The fourth-order valence-electron chi connectivity index (χ4n) is 1.37. The minimum atomic E-state index is -0.693. The van der Waals surface area contributed by atoms with E-state index in [9.17, 15) is 9.59 Å². The Hall–Kier alpha value is -1.56. The van der Waals surface area contributed by atoms with Gasteiger partial charge in [-0.15, -0.1) is 0 Å². The average molecular weight is 316 g/mol. The smallest absolute Gasteiger partial charge is 0.242 e. The molecule has 0 heterocycles. The van der Waals surface area contributed by atoms with Crippen molar-refractivity contribution in [1.82, 2.24) is 10.6 Å². The maximum absolute atomic E-state index is 11.8. The van der Waals surface area contributed by atoms with Crippen molar-refractivity contribution in [2.45, 2.75) is 19.4 Å². The van der Waals surface area contributed by atoms with Crippen LogP contribution in [-0.2, 0) is 16.0 Å². The van der Waals surface area contributed by atoms with Gasteiger partial charge in [-0.1, -0.05) is 35.8 Å². The van der Waals surface area contributed by atoms with Gasteiger partial charge < -0.3 is 16.4 Å².